The number of imide groups is 1. The summed E-state index contributed by atoms with van der Waals surface area (Å²) in [5.74, 6) is -0.276. The number of fused-ring (bicyclic) bond motifs is 3. The highest BCUT2D eigenvalue weighted by Gasteiger charge is 2.46. The average molecular weight is 422 g/mol. The Bertz CT molecular complexity index is 1310. The first-order chi connectivity index (χ1) is 15.7. The number of carbonyl (C=O) groups is 2. The van der Waals surface area contributed by atoms with Crippen LogP contribution < -0.4 is 4.90 Å². The molecule has 1 N–H and O–H groups in total. The molecule has 4 aromatic rings. The first-order valence-corrected chi connectivity index (χ1v) is 11.0. The second kappa shape index (κ2) is 7.46. The van der Waals surface area contributed by atoms with E-state index in [-0.39, 0.29) is 24.3 Å². The van der Waals surface area contributed by atoms with E-state index in [0.29, 0.717) is 5.69 Å². The van der Waals surface area contributed by atoms with Gasteiger partial charge in [-0.25, -0.2) is 4.90 Å². The molecule has 1 fully saturated rings. The molecule has 5 heteroatoms. The van der Waals surface area contributed by atoms with Gasteiger partial charge >= 0.3 is 0 Å². The molecule has 1 saturated heterocycles. The molecule has 1 aromatic heterocycles. The lowest BCUT2D eigenvalue weighted by Gasteiger charge is -2.39. The number of rotatable bonds is 3. The number of carbonyl (C=O) groups excluding carboxylic acids is 2. The lowest BCUT2D eigenvalue weighted by atomic mass is 9.90. The molecule has 3 aromatic carbocycles. The van der Waals surface area contributed by atoms with Gasteiger partial charge < -0.3 is 4.98 Å². The van der Waals surface area contributed by atoms with E-state index in [1.807, 2.05) is 54.6 Å². The van der Waals surface area contributed by atoms with Gasteiger partial charge in [-0.1, -0.05) is 66.7 Å². The fourth-order valence-electron chi connectivity index (χ4n) is 5.31. The predicted molar refractivity (Wildman–Crippen MR) is 124 cm³/mol. The summed E-state index contributed by atoms with van der Waals surface area (Å²) < 4.78 is 0. The van der Waals surface area contributed by atoms with Gasteiger partial charge in [-0.15, -0.1) is 0 Å². The van der Waals surface area contributed by atoms with E-state index < -0.39 is 6.04 Å². The monoisotopic (exact) mass is 421 g/mol. The van der Waals surface area contributed by atoms with Crippen LogP contribution in [0, 0.1) is 0 Å². The number of anilines is 1. The van der Waals surface area contributed by atoms with Crippen molar-refractivity contribution >= 4 is 28.4 Å². The molecule has 0 spiro atoms. The lowest BCUT2D eigenvalue weighted by Crippen LogP contribution is -2.47. The highest BCUT2D eigenvalue weighted by Crippen LogP contribution is 2.41. The summed E-state index contributed by atoms with van der Waals surface area (Å²) in [5, 5.41) is 1.24. The van der Waals surface area contributed by atoms with Crippen molar-refractivity contribution in [3.8, 4) is 0 Å². The average Bonchev–Trinajstić information content (AvgIpc) is 3.36. The second-order valence-electron chi connectivity index (χ2n) is 8.49. The van der Waals surface area contributed by atoms with E-state index in [1.54, 1.807) is 0 Å². The van der Waals surface area contributed by atoms with Gasteiger partial charge in [0.15, 0.2) is 0 Å². The zero-order valence-corrected chi connectivity index (χ0v) is 17.6. The highest BCUT2D eigenvalue weighted by atomic mass is 16.2. The maximum atomic E-state index is 13.5. The van der Waals surface area contributed by atoms with Crippen molar-refractivity contribution in [2.45, 2.75) is 24.9 Å². The van der Waals surface area contributed by atoms with Crippen LogP contribution >= 0.6 is 0 Å². The number of H-pyrrole nitrogens is 1. The quantitative estimate of drug-likeness (QED) is 0.498. The first-order valence-electron chi connectivity index (χ1n) is 11.0. The fraction of sp³-hybridized carbons (Fsp3) is 0.185. The van der Waals surface area contributed by atoms with Gasteiger partial charge in [-0.3, -0.25) is 14.5 Å². The smallest absolute Gasteiger partial charge is 0.251 e. The molecular weight excluding hydrogens is 398 g/mol. The highest BCUT2D eigenvalue weighted by molar-refractivity contribution is 6.22. The molecule has 5 nitrogen and oxygen atoms in total. The minimum Gasteiger partial charge on any atom is -0.357 e. The third kappa shape index (κ3) is 2.89. The summed E-state index contributed by atoms with van der Waals surface area (Å²) >= 11 is 0. The lowest BCUT2D eigenvalue weighted by molar-refractivity contribution is -0.123. The normalized spacial score (nSPS) is 21.3. The van der Waals surface area contributed by atoms with Crippen LogP contribution in [0.25, 0.3) is 10.9 Å². The molecular formula is C27H23N3O2. The number of hydrogen-bond donors (Lipinski definition) is 1. The predicted octanol–water partition coefficient (Wildman–Crippen LogP) is 4.45. The van der Waals surface area contributed by atoms with E-state index in [0.717, 1.165) is 29.7 Å². The Hall–Kier alpha value is -3.70. The topological polar surface area (TPSA) is 56.4 Å². The van der Waals surface area contributed by atoms with E-state index in [9.17, 15) is 9.59 Å². The van der Waals surface area contributed by atoms with Crippen LogP contribution in [0.3, 0.4) is 0 Å². The molecule has 0 saturated carbocycles. The molecule has 6 rings (SSSR count). The van der Waals surface area contributed by atoms with E-state index in [1.165, 1.54) is 15.8 Å². The zero-order valence-electron chi connectivity index (χ0n) is 17.6. The SMILES string of the molecule is O=C1CC(N2CCc3c([nH]c4ccccc34)C2c2ccccc2)C(=O)N1c1ccccc1. The maximum absolute atomic E-state index is 13.5. The van der Waals surface area contributed by atoms with Gasteiger partial charge in [0.1, 0.15) is 0 Å². The number of aromatic nitrogens is 1. The maximum Gasteiger partial charge on any atom is 0.251 e. The molecule has 0 bridgehead atoms. The molecule has 0 radical (unpaired) electrons. The minimum atomic E-state index is -0.479. The van der Waals surface area contributed by atoms with E-state index >= 15 is 0 Å². The summed E-state index contributed by atoms with van der Waals surface area (Å²) in [6, 6.07) is 27.3. The van der Waals surface area contributed by atoms with Gasteiger partial charge in [0, 0.05) is 23.1 Å². The number of aromatic amines is 1. The number of benzene rings is 3. The molecule has 0 aliphatic carbocycles. The molecule has 32 heavy (non-hydrogen) atoms. The van der Waals surface area contributed by atoms with Crippen LogP contribution in [0.2, 0.25) is 0 Å². The minimum absolute atomic E-state index is 0.107. The molecule has 2 unspecified atom stereocenters. The van der Waals surface area contributed by atoms with Crippen LogP contribution in [0.4, 0.5) is 5.69 Å². The molecule has 158 valence electrons. The van der Waals surface area contributed by atoms with Gasteiger partial charge in [-0.2, -0.15) is 0 Å². The Balaban J connectivity index is 1.45. The summed E-state index contributed by atoms with van der Waals surface area (Å²) in [5.41, 5.74) is 5.31. The third-order valence-electron chi connectivity index (χ3n) is 6.72. The summed E-state index contributed by atoms with van der Waals surface area (Å²) in [6.45, 7) is 0.723. The first kappa shape index (κ1) is 19.0. The second-order valence-corrected chi connectivity index (χ2v) is 8.49. The number of nitrogens with one attached hydrogen (secondary N) is 1. The van der Waals surface area contributed by atoms with Crippen molar-refractivity contribution < 1.29 is 9.59 Å². The standard InChI is InChI=1S/C27H23N3O2/c31-24-17-23(27(32)30(24)19-11-5-2-6-12-19)29-16-15-21-20-13-7-8-14-22(20)28-25(21)26(29)18-9-3-1-4-10-18/h1-14,23,26,28H,15-17H2. The van der Waals surface area contributed by atoms with Crippen molar-refractivity contribution in [3.63, 3.8) is 0 Å². The van der Waals surface area contributed by atoms with Crippen LogP contribution in [-0.2, 0) is 16.0 Å². The van der Waals surface area contributed by atoms with Crippen molar-refractivity contribution in [3.05, 3.63) is 102 Å². The number of para-hydroxylation sites is 2. The Morgan fingerprint density at radius 2 is 1.50 bits per heavy atom. The van der Waals surface area contributed by atoms with Crippen molar-refractivity contribution in [2.75, 3.05) is 11.4 Å². The molecule has 2 aliphatic heterocycles. The van der Waals surface area contributed by atoms with Gasteiger partial charge in [0.05, 0.1) is 24.2 Å². The molecule has 2 aliphatic rings. The number of hydrogen-bond acceptors (Lipinski definition) is 3. The van der Waals surface area contributed by atoms with Crippen molar-refractivity contribution in [1.29, 1.82) is 0 Å². The summed E-state index contributed by atoms with van der Waals surface area (Å²) in [6.07, 6.45) is 1.04. The molecule has 3 heterocycles. The number of nitrogens with zero attached hydrogens (tertiary/aromatic N) is 2. The Labute approximate surface area is 186 Å². The third-order valence-corrected chi connectivity index (χ3v) is 6.72. The number of amides is 2. The van der Waals surface area contributed by atoms with Gasteiger partial charge in [0.25, 0.3) is 5.91 Å². The molecule has 2 amide bonds. The van der Waals surface area contributed by atoms with Crippen LogP contribution in [-0.4, -0.2) is 34.3 Å². The Morgan fingerprint density at radius 3 is 2.28 bits per heavy atom. The zero-order chi connectivity index (χ0) is 21.7. The summed E-state index contributed by atoms with van der Waals surface area (Å²) in [7, 11) is 0. The fourth-order valence-corrected chi connectivity index (χ4v) is 5.31. The van der Waals surface area contributed by atoms with Crippen LogP contribution in [0.5, 0.6) is 0 Å². The largest absolute Gasteiger partial charge is 0.357 e. The van der Waals surface area contributed by atoms with E-state index in [4.69, 9.17) is 0 Å². The van der Waals surface area contributed by atoms with Crippen molar-refractivity contribution in [1.82, 2.24) is 9.88 Å². The summed E-state index contributed by atoms with van der Waals surface area (Å²) in [4.78, 5) is 33.7. The Kier molecular flexibility index (Phi) is 4.44. The van der Waals surface area contributed by atoms with Gasteiger partial charge in [-0.05, 0) is 35.7 Å². The van der Waals surface area contributed by atoms with Crippen molar-refractivity contribution in [2.24, 2.45) is 0 Å². The van der Waals surface area contributed by atoms with Gasteiger partial charge in [0.2, 0.25) is 5.91 Å². The molecule has 2 atom stereocenters. The van der Waals surface area contributed by atoms with Crippen LogP contribution in [0.15, 0.2) is 84.9 Å². The van der Waals surface area contributed by atoms with E-state index in [2.05, 4.69) is 40.2 Å². The van der Waals surface area contributed by atoms with Crippen LogP contribution in [0.1, 0.15) is 29.3 Å². The Morgan fingerprint density at radius 1 is 0.812 bits per heavy atom.